The predicted molar refractivity (Wildman–Crippen MR) is 80.9 cm³/mol. The van der Waals surface area contributed by atoms with Crippen LogP contribution in [-0.2, 0) is 4.79 Å². The number of anilines is 1. The Labute approximate surface area is 120 Å². The lowest BCUT2D eigenvalue weighted by Crippen LogP contribution is -2.55. The minimum absolute atomic E-state index is 0.0621. The molecule has 3 rings (SSSR count). The molecule has 108 valence electrons. The van der Waals surface area contributed by atoms with Gasteiger partial charge in [0.15, 0.2) is 0 Å². The van der Waals surface area contributed by atoms with Crippen LogP contribution in [-0.4, -0.2) is 49.6 Å². The van der Waals surface area contributed by atoms with Crippen LogP contribution in [0.25, 0.3) is 0 Å². The molecule has 2 aliphatic rings. The van der Waals surface area contributed by atoms with E-state index in [9.17, 15) is 4.79 Å². The van der Waals surface area contributed by atoms with Gasteiger partial charge in [0.25, 0.3) is 0 Å². The van der Waals surface area contributed by atoms with E-state index in [1.165, 1.54) is 18.5 Å². The van der Waals surface area contributed by atoms with Crippen LogP contribution in [0, 0.1) is 0 Å². The molecule has 1 N–H and O–H groups in total. The third kappa shape index (κ3) is 2.96. The monoisotopic (exact) mass is 273 g/mol. The van der Waals surface area contributed by atoms with E-state index in [0.29, 0.717) is 5.91 Å². The van der Waals surface area contributed by atoms with E-state index in [0.717, 1.165) is 39.1 Å². The molecule has 2 fully saturated rings. The molecule has 4 heteroatoms. The van der Waals surface area contributed by atoms with Gasteiger partial charge in [-0.1, -0.05) is 24.6 Å². The lowest BCUT2D eigenvalue weighted by Gasteiger charge is -2.38. The van der Waals surface area contributed by atoms with Crippen molar-refractivity contribution in [1.82, 2.24) is 10.2 Å². The molecule has 4 nitrogen and oxygen atoms in total. The summed E-state index contributed by atoms with van der Waals surface area (Å²) < 4.78 is 0. The zero-order valence-electron chi connectivity index (χ0n) is 11.9. The quantitative estimate of drug-likeness (QED) is 0.886. The van der Waals surface area contributed by atoms with Crippen LogP contribution in [0.4, 0.5) is 5.69 Å². The van der Waals surface area contributed by atoms with Crippen molar-refractivity contribution >= 4 is 11.6 Å². The number of amides is 1. The van der Waals surface area contributed by atoms with Crippen LogP contribution in [0.15, 0.2) is 30.3 Å². The molecule has 1 amide bonds. The van der Waals surface area contributed by atoms with Gasteiger partial charge in [0.1, 0.15) is 0 Å². The van der Waals surface area contributed by atoms with Crippen LogP contribution < -0.4 is 10.2 Å². The van der Waals surface area contributed by atoms with Gasteiger partial charge in [-0.15, -0.1) is 0 Å². The van der Waals surface area contributed by atoms with Gasteiger partial charge >= 0.3 is 0 Å². The Morgan fingerprint density at radius 3 is 2.45 bits per heavy atom. The van der Waals surface area contributed by atoms with Crippen LogP contribution >= 0.6 is 0 Å². The average Bonchev–Trinajstić information content (AvgIpc) is 2.56. The van der Waals surface area contributed by atoms with Gasteiger partial charge in [-0.25, -0.2) is 0 Å². The highest BCUT2D eigenvalue weighted by Crippen LogP contribution is 2.17. The number of benzene rings is 1. The van der Waals surface area contributed by atoms with E-state index in [2.05, 4.69) is 34.5 Å². The maximum absolute atomic E-state index is 12.4. The summed E-state index contributed by atoms with van der Waals surface area (Å²) in [4.78, 5) is 16.8. The van der Waals surface area contributed by atoms with E-state index in [1.807, 2.05) is 11.0 Å². The Morgan fingerprint density at radius 1 is 1.05 bits per heavy atom. The fourth-order valence-electron chi connectivity index (χ4n) is 3.11. The number of hydrogen-bond acceptors (Lipinski definition) is 3. The molecule has 0 bridgehead atoms. The topological polar surface area (TPSA) is 35.6 Å². The minimum atomic E-state index is 0.0621. The van der Waals surface area contributed by atoms with Crippen LogP contribution in [0.2, 0.25) is 0 Å². The molecule has 20 heavy (non-hydrogen) atoms. The molecule has 0 unspecified atom stereocenters. The standard InChI is InChI=1S/C16H23N3O/c20-16(15-8-4-5-9-17-15)19-12-10-18(11-13-19)14-6-2-1-3-7-14/h1-3,6-7,15,17H,4-5,8-13H2/t15-/m1/s1. The Hall–Kier alpha value is -1.55. The summed E-state index contributed by atoms with van der Waals surface area (Å²) >= 11 is 0. The molecule has 0 aromatic heterocycles. The molecule has 2 heterocycles. The molecular weight excluding hydrogens is 250 g/mol. The maximum atomic E-state index is 12.4. The number of para-hydroxylation sites is 1. The Bertz CT molecular complexity index is 434. The molecule has 1 aromatic rings. The first-order valence-corrected chi connectivity index (χ1v) is 7.67. The molecule has 2 saturated heterocycles. The lowest BCUT2D eigenvalue weighted by molar-refractivity contribution is -0.134. The van der Waals surface area contributed by atoms with E-state index in [-0.39, 0.29) is 6.04 Å². The zero-order valence-corrected chi connectivity index (χ0v) is 11.9. The van der Waals surface area contributed by atoms with Gasteiger partial charge in [0.05, 0.1) is 6.04 Å². The largest absolute Gasteiger partial charge is 0.368 e. The Balaban J connectivity index is 1.54. The summed E-state index contributed by atoms with van der Waals surface area (Å²) in [5, 5.41) is 3.35. The van der Waals surface area contributed by atoms with Gasteiger partial charge in [-0.3, -0.25) is 4.79 Å². The summed E-state index contributed by atoms with van der Waals surface area (Å²) in [5.74, 6) is 0.303. The first-order valence-electron chi connectivity index (χ1n) is 7.67. The third-order valence-corrected chi connectivity index (χ3v) is 4.32. The number of nitrogens with zero attached hydrogens (tertiary/aromatic N) is 2. The van der Waals surface area contributed by atoms with Crippen molar-refractivity contribution in [2.45, 2.75) is 25.3 Å². The van der Waals surface area contributed by atoms with Crippen molar-refractivity contribution in [2.75, 3.05) is 37.6 Å². The molecular formula is C16H23N3O. The highest BCUT2D eigenvalue weighted by Gasteiger charge is 2.28. The average molecular weight is 273 g/mol. The highest BCUT2D eigenvalue weighted by atomic mass is 16.2. The van der Waals surface area contributed by atoms with Crippen molar-refractivity contribution in [1.29, 1.82) is 0 Å². The number of hydrogen-bond donors (Lipinski definition) is 1. The van der Waals surface area contributed by atoms with Crippen LogP contribution in [0.5, 0.6) is 0 Å². The summed E-state index contributed by atoms with van der Waals surface area (Å²) in [7, 11) is 0. The van der Waals surface area contributed by atoms with Crippen LogP contribution in [0.3, 0.4) is 0 Å². The summed E-state index contributed by atoms with van der Waals surface area (Å²) in [6, 6.07) is 10.5. The van der Waals surface area contributed by atoms with Gasteiger partial charge < -0.3 is 15.1 Å². The molecule has 1 atom stereocenters. The molecule has 2 aliphatic heterocycles. The number of rotatable bonds is 2. The number of piperazine rings is 1. The van der Waals surface area contributed by atoms with Gasteiger partial charge in [-0.2, -0.15) is 0 Å². The first-order chi connectivity index (χ1) is 9.84. The van der Waals surface area contributed by atoms with Crippen molar-refractivity contribution in [3.05, 3.63) is 30.3 Å². The maximum Gasteiger partial charge on any atom is 0.239 e. The van der Waals surface area contributed by atoms with Gasteiger partial charge in [-0.05, 0) is 31.5 Å². The van der Waals surface area contributed by atoms with Crippen molar-refractivity contribution in [2.24, 2.45) is 0 Å². The third-order valence-electron chi connectivity index (χ3n) is 4.32. The number of carbonyl (C=O) groups is 1. The van der Waals surface area contributed by atoms with Crippen molar-refractivity contribution in [3.8, 4) is 0 Å². The summed E-state index contributed by atoms with van der Waals surface area (Å²) in [6.45, 7) is 4.53. The molecule has 0 radical (unpaired) electrons. The Morgan fingerprint density at radius 2 is 1.80 bits per heavy atom. The minimum Gasteiger partial charge on any atom is -0.368 e. The van der Waals surface area contributed by atoms with Gasteiger partial charge in [0, 0.05) is 31.9 Å². The zero-order chi connectivity index (χ0) is 13.8. The second kappa shape index (κ2) is 6.27. The number of piperidine rings is 1. The SMILES string of the molecule is O=C([C@H]1CCCCN1)N1CCN(c2ccccc2)CC1. The first kappa shape index (κ1) is 13.4. The van der Waals surface area contributed by atoms with Crippen LogP contribution in [0.1, 0.15) is 19.3 Å². The van der Waals surface area contributed by atoms with Crippen molar-refractivity contribution < 1.29 is 4.79 Å². The second-order valence-electron chi connectivity index (χ2n) is 5.65. The highest BCUT2D eigenvalue weighted by molar-refractivity contribution is 5.82. The molecule has 0 saturated carbocycles. The van der Waals surface area contributed by atoms with Crippen molar-refractivity contribution in [3.63, 3.8) is 0 Å². The Kier molecular flexibility index (Phi) is 4.21. The van der Waals surface area contributed by atoms with Gasteiger partial charge in [0.2, 0.25) is 5.91 Å². The predicted octanol–water partition coefficient (Wildman–Crippen LogP) is 1.48. The molecule has 0 aliphatic carbocycles. The van der Waals surface area contributed by atoms with E-state index >= 15 is 0 Å². The normalized spacial score (nSPS) is 23.7. The van der Waals surface area contributed by atoms with E-state index in [1.54, 1.807) is 0 Å². The fraction of sp³-hybridized carbons (Fsp3) is 0.562. The molecule has 0 spiro atoms. The fourth-order valence-corrected chi connectivity index (χ4v) is 3.11. The number of carbonyl (C=O) groups excluding carboxylic acids is 1. The van der Waals surface area contributed by atoms with E-state index in [4.69, 9.17) is 0 Å². The molecule has 1 aromatic carbocycles. The summed E-state index contributed by atoms with van der Waals surface area (Å²) in [5.41, 5.74) is 1.26. The lowest BCUT2D eigenvalue weighted by atomic mass is 10.0. The second-order valence-corrected chi connectivity index (χ2v) is 5.65. The van der Waals surface area contributed by atoms with E-state index < -0.39 is 0 Å². The number of nitrogens with one attached hydrogen (secondary N) is 1. The smallest absolute Gasteiger partial charge is 0.239 e. The summed E-state index contributed by atoms with van der Waals surface area (Å²) in [6.07, 6.45) is 3.37.